The van der Waals surface area contributed by atoms with Gasteiger partial charge in [-0.1, -0.05) is 0 Å². The number of nitriles is 3. The zero-order chi connectivity index (χ0) is 11.8. The average molecular weight is 335 g/mol. The molecule has 0 aromatic rings. The Bertz CT molecular complexity index is 280. The molecule has 0 saturated carbocycles. The quantitative estimate of drug-likeness (QED) is 0.552. The molecule has 0 heterocycles. The zero-order valence-corrected chi connectivity index (χ0v) is 12.0. The van der Waals surface area contributed by atoms with Crippen LogP contribution in [0.25, 0.3) is 0 Å². The van der Waals surface area contributed by atoms with Gasteiger partial charge in [-0.3, -0.25) is 0 Å². The Morgan fingerprint density at radius 3 is 1.33 bits per heavy atom. The van der Waals surface area contributed by atoms with E-state index in [9.17, 15) is 0 Å². The second-order valence-electron chi connectivity index (χ2n) is 4.04. The van der Waals surface area contributed by atoms with Crippen LogP contribution in [0, 0.1) is 34.0 Å². The predicted molar refractivity (Wildman–Crippen MR) is 72.2 cm³/mol. The van der Waals surface area contributed by atoms with Gasteiger partial charge in [-0.2, -0.15) is 0 Å². The second-order valence-corrected chi connectivity index (χ2v) is 18.7. The van der Waals surface area contributed by atoms with Crippen molar-refractivity contribution in [2.75, 3.05) is 25.2 Å². The van der Waals surface area contributed by atoms with E-state index in [0.29, 0.717) is 19.3 Å². The van der Waals surface area contributed by atoms with Crippen LogP contribution in [0.1, 0.15) is 19.3 Å². The van der Waals surface area contributed by atoms with Crippen LogP contribution >= 0.6 is 26.3 Å². The van der Waals surface area contributed by atoms with Gasteiger partial charge in [0.25, 0.3) is 0 Å². The Morgan fingerprint density at radius 2 is 1.13 bits per heavy atom. The summed E-state index contributed by atoms with van der Waals surface area (Å²) < 4.78 is -1.98. The molecule has 0 spiro atoms. The Balaban J connectivity index is 4.59. The fourth-order valence-electron chi connectivity index (χ4n) is 1.42. The second kappa shape index (κ2) is 6.26. The van der Waals surface area contributed by atoms with E-state index < -0.39 is 4.25 Å². The van der Waals surface area contributed by atoms with Gasteiger partial charge in [0.1, 0.15) is 0 Å². The first kappa shape index (κ1) is 14.6. The Morgan fingerprint density at radius 1 is 0.867 bits per heavy atom. The summed E-state index contributed by atoms with van der Waals surface area (Å²) >= 11 is 2.46. The standard InChI is InChI=1S/C10H15IN3P/c1-15(11,8-2-5-12,9-3-6-13)10-4-7-14/h2-4,8-10H2,1H3. The van der Waals surface area contributed by atoms with E-state index in [2.05, 4.69) is 46.9 Å². The molecule has 0 unspecified atom stereocenters. The van der Waals surface area contributed by atoms with Crippen LogP contribution < -0.4 is 0 Å². The fourth-order valence-corrected chi connectivity index (χ4v) is 6.44. The number of rotatable bonds is 6. The summed E-state index contributed by atoms with van der Waals surface area (Å²) in [5, 5.41) is 25.9. The molecule has 15 heavy (non-hydrogen) atoms. The molecule has 5 heteroatoms. The molecule has 0 aromatic carbocycles. The molecule has 0 N–H and O–H groups in total. The van der Waals surface area contributed by atoms with Crippen molar-refractivity contribution in [2.24, 2.45) is 0 Å². The first-order chi connectivity index (χ1) is 6.96. The molecule has 0 bridgehead atoms. The molecule has 0 atom stereocenters. The van der Waals surface area contributed by atoms with Crippen molar-refractivity contribution < 1.29 is 0 Å². The first-order valence-electron chi connectivity index (χ1n) is 4.80. The molecular formula is C10H15IN3P. The molecule has 0 fully saturated rings. The molecule has 0 amide bonds. The summed E-state index contributed by atoms with van der Waals surface area (Å²) in [4.78, 5) is 0. The Labute approximate surface area is 104 Å². The zero-order valence-electron chi connectivity index (χ0n) is 8.91. The first-order valence-corrected chi connectivity index (χ1v) is 10.8. The molecule has 0 aromatic heterocycles. The molecule has 82 valence electrons. The van der Waals surface area contributed by atoms with Crippen LogP contribution in [-0.4, -0.2) is 25.2 Å². The number of halogens is 1. The van der Waals surface area contributed by atoms with Crippen molar-refractivity contribution in [1.29, 1.82) is 15.8 Å². The molecule has 0 saturated heterocycles. The molecule has 3 nitrogen and oxygen atoms in total. The molecule has 0 aliphatic rings. The van der Waals surface area contributed by atoms with Gasteiger partial charge in [-0.25, -0.2) is 0 Å². The minimum atomic E-state index is -1.98. The molecule has 0 radical (unpaired) electrons. The van der Waals surface area contributed by atoms with Crippen LogP contribution in [0.4, 0.5) is 0 Å². The number of hydrogen-bond donors (Lipinski definition) is 0. The molecular weight excluding hydrogens is 320 g/mol. The molecule has 0 rings (SSSR count). The van der Waals surface area contributed by atoms with Gasteiger partial charge in [-0.15, -0.1) is 0 Å². The summed E-state index contributed by atoms with van der Waals surface area (Å²) in [6.07, 6.45) is 4.21. The Kier molecular flexibility index (Phi) is 6.11. The van der Waals surface area contributed by atoms with E-state index in [1.54, 1.807) is 0 Å². The van der Waals surface area contributed by atoms with Gasteiger partial charge in [-0.05, 0) is 0 Å². The van der Waals surface area contributed by atoms with E-state index in [-0.39, 0.29) is 0 Å². The van der Waals surface area contributed by atoms with Gasteiger partial charge in [0.15, 0.2) is 0 Å². The Hall–Kier alpha value is -0.370. The van der Waals surface area contributed by atoms with Crippen molar-refractivity contribution in [3.63, 3.8) is 0 Å². The maximum atomic E-state index is 8.63. The third kappa shape index (κ3) is 5.93. The van der Waals surface area contributed by atoms with Crippen LogP contribution in [0.15, 0.2) is 0 Å². The van der Waals surface area contributed by atoms with Crippen molar-refractivity contribution >= 4 is 26.3 Å². The van der Waals surface area contributed by atoms with Gasteiger partial charge in [0.05, 0.1) is 0 Å². The van der Waals surface area contributed by atoms with Crippen molar-refractivity contribution in [3.05, 3.63) is 0 Å². The van der Waals surface area contributed by atoms with Gasteiger partial charge in [0.2, 0.25) is 0 Å². The summed E-state index contributed by atoms with van der Waals surface area (Å²) in [7, 11) is 0. The van der Waals surface area contributed by atoms with Crippen LogP contribution in [-0.2, 0) is 0 Å². The van der Waals surface area contributed by atoms with E-state index in [4.69, 9.17) is 15.8 Å². The van der Waals surface area contributed by atoms with Crippen LogP contribution in [0.3, 0.4) is 0 Å². The summed E-state index contributed by atoms with van der Waals surface area (Å²) in [5.74, 6) is 0. The van der Waals surface area contributed by atoms with E-state index in [1.807, 2.05) is 0 Å². The van der Waals surface area contributed by atoms with Crippen molar-refractivity contribution in [1.82, 2.24) is 0 Å². The predicted octanol–water partition coefficient (Wildman–Crippen LogP) is 3.26. The topological polar surface area (TPSA) is 71.4 Å². The molecule has 0 aliphatic carbocycles. The van der Waals surface area contributed by atoms with Crippen LogP contribution in [0.2, 0.25) is 0 Å². The summed E-state index contributed by atoms with van der Waals surface area (Å²) in [6, 6.07) is 6.49. The molecule has 0 aliphatic heterocycles. The third-order valence-electron chi connectivity index (χ3n) is 2.54. The maximum absolute atomic E-state index is 8.63. The van der Waals surface area contributed by atoms with Crippen molar-refractivity contribution in [3.8, 4) is 18.2 Å². The average Bonchev–Trinajstić information content (AvgIpc) is 2.22. The minimum absolute atomic E-state index is 0.536. The summed E-state index contributed by atoms with van der Waals surface area (Å²) in [6.45, 7) is 2.19. The SMILES string of the molecule is CP(I)(CCC#N)(CCC#N)CCC#N. The van der Waals surface area contributed by atoms with Crippen molar-refractivity contribution in [2.45, 2.75) is 19.3 Å². The monoisotopic (exact) mass is 335 g/mol. The fraction of sp³-hybridized carbons (Fsp3) is 0.700. The van der Waals surface area contributed by atoms with Gasteiger partial charge < -0.3 is 0 Å². The van der Waals surface area contributed by atoms with Gasteiger partial charge in [0, 0.05) is 0 Å². The van der Waals surface area contributed by atoms with E-state index in [0.717, 1.165) is 18.5 Å². The van der Waals surface area contributed by atoms with E-state index in [1.165, 1.54) is 0 Å². The number of hydrogen-bond acceptors (Lipinski definition) is 3. The third-order valence-corrected chi connectivity index (χ3v) is 11.3. The normalized spacial score (nSPS) is 12.9. The summed E-state index contributed by atoms with van der Waals surface area (Å²) in [5.41, 5.74) is 0. The van der Waals surface area contributed by atoms with Crippen LogP contribution in [0.5, 0.6) is 0 Å². The van der Waals surface area contributed by atoms with E-state index >= 15 is 0 Å². The van der Waals surface area contributed by atoms with Gasteiger partial charge >= 0.3 is 105 Å². The number of nitrogens with zero attached hydrogens (tertiary/aromatic N) is 3.